The van der Waals surface area contributed by atoms with Crippen molar-refractivity contribution in [1.82, 2.24) is 4.90 Å². The van der Waals surface area contributed by atoms with Crippen molar-refractivity contribution in [3.63, 3.8) is 0 Å². The smallest absolute Gasteiger partial charge is 0.227 e. The number of carbonyl (C=O) groups excluding carboxylic acids is 2. The van der Waals surface area contributed by atoms with Gasteiger partial charge in [0.1, 0.15) is 5.82 Å². The second-order valence-electron chi connectivity index (χ2n) is 8.61. The van der Waals surface area contributed by atoms with Gasteiger partial charge < -0.3 is 10.6 Å². The topological polar surface area (TPSA) is 80.5 Å². The number of likely N-dealkylation sites (tertiary alicyclic amines) is 1. The van der Waals surface area contributed by atoms with Crippen molar-refractivity contribution in [3.8, 4) is 0 Å². The van der Waals surface area contributed by atoms with Crippen LogP contribution in [0.1, 0.15) is 42.9 Å². The van der Waals surface area contributed by atoms with Crippen molar-refractivity contribution < 1.29 is 18.2 Å². The number of nitrogens with two attached hydrogens (primary N) is 1. The molecule has 7 heteroatoms. The molecule has 4 rings (SSSR count). The Bertz CT molecular complexity index is 1190. The highest BCUT2D eigenvalue weighted by molar-refractivity contribution is 7.84. The lowest BCUT2D eigenvalue weighted by molar-refractivity contribution is -0.133. The first-order valence-corrected chi connectivity index (χ1v) is 12.5. The van der Waals surface area contributed by atoms with Gasteiger partial charge in [-0.15, -0.1) is 0 Å². The van der Waals surface area contributed by atoms with Crippen LogP contribution in [0.4, 0.5) is 4.39 Å². The van der Waals surface area contributed by atoms with Crippen LogP contribution in [0.25, 0.3) is 17.2 Å². The van der Waals surface area contributed by atoms with Crippen molar-refractivity contribution in [1.29, 1.82) is 0 Å². The van der Waals surface area contributed by atoms with Gasteiger partial charge in [0.25, 0.3) is 0 Å². The van der Waals surface area contributed by atoms with Crippen molar-refractivity contribution in [2.24, 2.45) is 11.7 Å². The summed E-state index contributed by atoms with van der Waals surface area (Å²) in [6, 6.07) is 12.2. The van der Waals surface area contributed by atoms with Crippen molar-refractivity contribution >= 4 is 39.8 Å². The Labute approximate surface area is 195 Å². The maximum atomic E-state index is 14.1. The highest BCUT2D eigenvalue weighted by atomic mass is 32.2. The Morgan fingerprint density at radius 2 is 1.79 bits per heavy atom. The van der Waals surface area contributed by atoms with Crippen LogP contribution < -0.4 is 5.73 Å². The van der Waals surface area contributed by atoms with E-state index in [1.165, 1.54) is 12.1 Å². The van der Waals surface area contributed by atoms with Crippen LogP contribution in [0.3, 0.4) is 0 Å². The third-order valence-electron chi connectivity index (χ3n) is 6.55. The Balaban J connectivity index is 1.62. The van der Waals surface area contributed by atoms with Gasteiger partial charge >= 0.3 is 0 Å². The summed E-state index contributed by atoms with van der Waals surface area (Å²) in [5, 5.41) is 0. The molecule has 2 amide bonds. The molecule has 0 saturated carbocycles. The first kappa shape index (κ1) is 23.1. The molecule has 172 valence electrons. The first-order valence-electron chi connectivity index (χ1n) is 11.0. The first-order chi connectivity index (χ1) is 15.7. The normalized spacial score (nSPS) is 18.5. The summed E-state index contributed by atoms with van der Waals surface area (Å²) in [5.74, 6) is -0.862. The summed E-state index contributed by atoms with van der Waals surface area (Å²) in [4.78, 5) is 27.0. The summed E-state index contributed by atoms with van der Waals surface area (Å²) in [6.07, 6.45) is 4.99. The van der Waals surface area contributed by atoms with Gasteiger partial charge in [-0.05, 0) is 83.5 Å². The summed E-state index contributed by atoms with van der Waals surface area (Å²) < 4.78 is 25.8. The second kappa shape index (κ2) is 9.43. The molecule has 5 nitrogen and oxygen atoms in total. The molecule has 0 aromatic heterocycles. The monoisotopic (exact) mass is 466 g/mol. The van der Waals surface area contributed by atoms with Gasteiger partial charge in [-0.3, -0.25) is 13.8 Å². The molecule has 2 aromatic rings. The standard InChI is InChI=1S/C26H27FN2O3S/c1-16-22(13-17-3-6-20(7-4-17)33(2)32)21-8-5-19(27)14-24(21)23(16)15-25(30)29-11-9-18(10-12-29)26(28)31/h3-8,13-14,18H,9-12,15H2,1-2H3,(H2,28,31)/b22-13-. The van der Waals surface area contributed by atoms with E-state index in [2.05, 4.69) is 0 Å². The molecule has 2 aliphatic rings. The summed E-state index contributed by atoms with van der Waals surface area (Å²) in [5.41, 5.74) is 10.7. The van der Waals surface area contributed by atoms with E-state index in [-0.39, 0.29) is 30.0 Å². The van der Waals surface area contributed by atoms with E-state index in [9.17, 15) is 18.2 Å². The van der Waals surface area contributed by atoms with Gasteiger partial charge in [0.15, 0.2) is 0 Å². The molecule has 1 aliphatic carbocycles. The molecular formula is C26H27FN2O3S. The van der Waals surface area contributed by atoms with E-state index in [4.69, 9.17) is 5.73 Å². The minimum Gasteiger partial charge on any atom is -0.369 e. The van der Waals surface area contributed by atoms with Gasteiger partial charge in [0.05, 0.1) is 6.42 Å². The Morgan fingerprint density at radius 3 is 2.39 bits per heavy atom. The van der Waals surface area contributed by atoms with Crippen LogP contribution in [-0.2, 0) is 20.4 Å². The highest BCUT2D eigenvalue weighted by Crippen LogP contribution is 2.44. The molecule has 1 fully saturated rings. The van der Waals surface area contributed by atoms with Gasteiger partial charge in [0, 0.05) is 41.0 Å². The van der Waals surface area contributed by atoms with Crippen LogP contribution in [0.15, 0.2) is 52.9 Å². The van der Waals surface area contributed by atoms with Crippen LogP contribution in [-0.4, -0.2) is 40.3 Å². The fourth-order valence-electron chi connectivity index (χ4n) is 4.58. The van der Waals surface area contributed by atoms with Gasteiger partial charge in [-0.2, -0.15) is 0 Å². The molecule has 0 radical (unpaired) electrons. The zero-order valence-corrected chi connectivity index (χ0v) is 19.6. The number of fused-ring (bicyclic) bond motifs is 1. The Kier molecular flexibility index (Phi) is 6.61. The number of carbonyl (C=O) groups is 2. The SMILES string of the molecule is CC1=C(CC(=O)N2CCC(C(N)=O)CC2)c2cc(F)ccc2/C1=C\c1ccc(S(C)=O)cc1. The van der Waals surface area contributed by atoms with Gasteiger partial charge in [0.2, 0.25) is 11.8 Å². The van der Waals surface area contributed by atoms with E-state index >= 15 is 0 Å². The number of allylic oxidation sites excluding steroid dienone is 2. The van der Waals surface area contributed by atoms with E-state index in [1.807, 2.05) is 37.3 Å². The summed E-state index contributed by atoms with van der Waals surface area (Å²) in [7, 11) is -1.05. The fraction of sp³-hybridized carbons (Fsp3) is 0.308. The maximum absolute atomic E-state index is 14.1. The average molecular weight is 467 g/mol. The highest BCUT2D eigenvalue weighted by Gasteiger charge is 2.30. The van der Waals surface area contributed by atoms with Crippen LogP contribution in [0.2, 0.25) is 0 Å². The lowest BCUT2D eigenvalue weighted by atomic mass is 9.95. The van der Waals surface area contributed by atoms with E-state index in [0.29, 0.717) is 25.9 Å². The number of hydrogen-bond acceptors (Lipinski definition) is 3. The quantitative estimate of drug-likeness (QED) is 0.723. The fourth-order valence-corrected chi connectivity index (χ4v) is 5.10. The maximum Gasteiger partial charge on any atom is 0.227 e. The second-order valence-corrected chi connectivity index (χ2v) is 9.99. The number of nitrogens with zero attached hydrogens (tertiary/aromatic N) is 1. The number of rotatable bonds is 5. The molecular weight excluding hydrogens is 439 g/mol. The molecule has 1 atom stereocenters. The predicted molar refractivity (Wildman–Crippen MR) is 129 cm³/mol. The zero-order valence-electron chi connectivity index (χ0n) is 18.8. The Hall–Kier alpha value is -3.06. The van der Waals surface area contributed by atoms with Gasteiger partial charge in [-0.25, -0.2) is 4.39 Å². The van der Waals surface area contributed by atoms with Crippen LogP contribution in [0.5, 0.6) is 0 Å². The minimum absolute atomic E-state index is 0.0292. The molecule has 1 heterocycles. The third-order valence-corrected chi connectivity index (χ3v) is 7.49. The Morgan fingerprint density at radius 1 is 1.12 bits per heavy atom. The predicted octanol–water partition coefficient (Wildman–Crippen LogP) is 4.00. The summed E-state index contributed by atoms with van der Waals surface area (Å²) >= 11 is 0. The minimum atomic E-state index is -1.05. The number of amides is 2. The third kappa shape index (κ3) is 4.83. The molecule has 1 unspecified atom stereocenters. The van der Waals surface area contributed by atoms with Gasteiger partial charge in [-0.1, -0.05) is 18.2 Å². The zero-order chi connectivity index (χ0) is 23.7. The summed E-state index contributed by atoms with van der Waals surface area (Å²) in [6.45, 7) is 2.96. The van der Waals surface area contributed by atoms with E-state index < -0.39 is 10.8 Å². The molecule has 33 heavy (non-hydrogen) atoms. The molecule has 1 aliphatic heterocycles. The average Bonchev–Trinajstić information content (AvgIpc) is 3.04. The molecule has 0 bridgehead atoms. The lowest BCUT2D eigenvalue weighted by Crippen LogP contribution is -2.41. The van der Waals surface area contributed by atoms with E-state index in [0.717, 1.165) is 38.3 Å². The van der Waals surface area contributed by atoms with Crippen molar-refractivity contribution in [2.45, 2.75) is 31.1 Å². The number of primary amides is 1. The lowest BCUT2D eigenvalue weighted by Gasteiger charge is -2.31. The molecule has 0 spiro atoms. The molecule has 1 saturated heterocycles. The van der Waals surface area contributed by atoms with Crippen molar-refractivity contribution in [3.05, 3.63) is 70.5 Å². The largest absolute Gasteiger partial charge is 0.369 e. The number of benzene rings is 2. The van der Waals surface area contributed by atoms with Crippen LogP contribution >= 0.6 is 0 Å². The molecule has 2 aromatic carbocycles. The molecule has 2 N–H and O–H groups in total. The van der Waals surface area contributed by atoms with Crippen LogP contribution in [0, 0.1) is 11.7 Å². The number of piperidine rings is 1. The number of hydrogen-bond donors (Lipinski definition) is 1. The van der Waals surface area contributed by atoms with Crippen molar-refractivity contribution in [2.75, 3.05) is 19.3 Å². The number of halogens is 1. The van der Waals surface area contributed by atoms with E-state index in [1.54, 1.807) is 17.2 Å².